The Morgan fingerprint density at radius 1 is 1.00 bits per heavy atom. The molecule has 82 valence electrons. The van der Waals surface area contributed by atoms with Crippen molar-refractivity contribution in [3.63, 3.8) is 0 Å². The van der Waals surface area contributed by atoms with Gasteiger partial charge in [0.2, 0.25) is 0 Å². The van der Waals surface area contributed by atoms with Crippen molar-refractivity contribution in [2.45, 2.75) is 6.04 Å². The average molecular weight is 254 g/mol. The van der Waals surface area contributed by atoms with Gasteiger partial charge in [0, 0.05) is 6.20 Å². The SMILES string of the molecule is NC(c1ccnnc1)c1ccc(Cl)c(Cl)c1. The van der Waals surface area contributed by atoms with Gasteiger partial charge in [-0.05, 0) is 29.3 Å². The summed E-state index contributed by atoms with van der Waals surface area (Å²) < 4.78 is 0. The molecule has 1 heterocycles. The van der Waals surface area contributed by atoms with Gasteiger partial charge in [0.15, 0.2) is 0 Å². The highest BCUT2D eigenvalue weighted by Crippen LogP contribution is 2.27. The van der Waals surface area contributed by atoms with Crippen molar-refractivity contribution in [1.29, 1.82) is 0 Å². The molecule has 0 bridgehead atoms. The van der Waals surface area contributed by atoms with Crippen molar-refractivity contribution >= 4 is 23.2 Å². The van der Waals surface area contributed by atoms with Gasteiger partial charge in [-0.3, -0.25) is 0 Å². The van der Waals surface area contributed by atoms with E-state index < -0.39 is 0 Å². The Morgan fingerprint density at radius 3 is 2.44 bits per heavy atom. The van der Waals surface area contributed by atoms with Gasteiger partial charge < -0.3 is 5.73 Å². The van der Waals surface area contributed by atoms with Crippen LogP contribution < -0.4 is 5.73 Å². The van der Waals surface area contributed by atoms with Crippen LogP contribution in [0.2, 0.25) is 10.0 Å². The van der Waals surface area contributed by atoms with Crippen LogP contribution in [0.3, 0.4) is 0 Å². The summed E-state index contributed by atoms with van der Waals surface area (Å²) in [5.74, 6) is 0. The van der Waals surface area contributed by atoms with E-state index in [4.69, 9.17) is 28.9 Å². The number of halogens is 2. The molecule has 0 aliphatic rings. The molecule has 0 saturated heterocycles. The van der Waals surface area contributed by atoms with E-state index in [-0.39, 0.29) is 6.04 Å². The van der Waals surface area contributed by atoms with Crippen LogP contribution in [-0.2, 0) is 0 Å². The first-order valence-electron chi connectivity index (χ1n) is 4.65. The molecule has 0 aliphatic carbocycles. The van der Waals surface area contributed by atoms with Crippen molar-refractivity contribution in [1.82, 2.24) is 10.2 Å². The van der Waals surface area contributed by atoms with E-state index in [0.717, 1.165) is 11.1 Å². The van der Waals surface area contributed by atoms with Crippen molar-refractivity contribution in [3.05, 3.63) is 57.8 Å². The lowest BCUT2D eigenvalue weighted by Crippen LogP contribution is -2.12. The summed E-state index contributed by atoms with van der Waals surface area (Å²) in [4.78, 5) is 0. The minimum atomic E-state index is -0.273. The van der Waals surface area contributed by atoms with Gasteiger partial charge in [-0.25, -0.2) is 0 Å². The molecule has 1 aromatic carbocycles. The molecule has 1 atom stereocenters. The van der Waals surface area contributed by atoms with Gasteiger partial charge in [0.1, 0.15) is 0 Å². The first kappa shape index (κ1) is 11.3. The number of nitrogens with two attached hydrogens (primary N) is 1. The molecule has 0 amide bonds. The highest BCUT2D eigenvalue weighted by Gasteiger charge is 2.10. The summed E-state index contributed by atoms with van der Waals surface area (Å²) in [5.41, 5.74) is 7.84. The minimum absolute atomic E-state index is 0.273. The Kier molecular flexibility index (Phi) is 3.39. The molecule has 2 N–H and O–H groups in total. The van der Waals surface area contributed by atoms with Crippen LogP contribution in [0.15, 0.2) is 36.7 Å². The van der Waals surface area contributed by atoms with Gasteiger partial charge in [-0.1, -0.05) is 29.3 Å². The molecular formula is C11H9Cl2N3. The zero-order chi connectivity index (χ0) is 11.5. The second-order valence-corrected chi connectivity index (χ2v) is 4.14. The molecule has 2 rings (SSSR count). The fourth-order valence-electron chi connectivity index (χ4n) is 1.38. The number of hydrogen-bond acceptors (Lipinski definition) is 3. The molecule has 0 fully saturated rings. The van der Waals surface area contributed by atoms with Crippen molar-refractivity contribution in [2.24, 2.45) is 5.73 Å². The number of rotatable bonds is 2. The molecule has 5 heteroatoms. The van der Waals surface area contributed by atoms with Crippen LogP contribution in [0.4, 0.5) is 0 Å². The van der Waals surface area contributed by atoms with Gasteiger partial charge >= 0.3 is 0 Å². The molecule has 0 saturated carbocycles. The fraction of sp³-hybridized carbons (Fsp3) is 0.0909. The lowest BCUT2D eigenvalue weighted by molar-refractivity contribution is 0.846. The van der Waals surface area contributed by atoms with Gasteiger partial charge in [0.25, 0.3) is 0 Å². The van der Waals surface area contributed by atoms with Crippen LogP contribution >= 0.6 is 23.2 Å². The molecular weight excluding hydrogens is 245 g/mol. The molecule has 1 aromatic heterocycles. The maximum atomic E-state index is 6.07. The quantitative estimate of drug-likeness (QED) is 0.896. The highest BCUT2D eigenvalue weighted by molar-refractivity contribution is 6.42. The van der Waals surface area contributed by atoms with E-state index in [1.165, 1.54) is 0 Å². The fourth-order valence-corrected chi connectivity index (χ4v) is 1.69. The Bertz CT molecular complexity index is 488. The van der Waals surface area contributed by atoms with Crippen molar-refractivity contribution in [2.75, 3.05) is 0 Å². The maximum absolute atomic E-state index is 6.07. The molecule has 0 spiro atoms. The van der Waals surface area contributed by atoms with E-state index in [9.17, 15) is 0 Å². The first-order valence-corrected chi connectivity index (χ1v) is 5.41. The number of aromatic nitrogens is 2. The minimum Gasteiger partial charge on any atom is -0.320 e. The smallest absolute Gasteiger partial charge is 0.0595 e. The maximum Gasteiger partial charge on any atom is 0.0595 e. The molecule has 1 unspecified atom stereocenters. The molecule has 3 nitrogen and oxygen atoms in total. The topological polar surface area (TPSA) is 51.8 Å². The number of benzene rings is 1. The third-order valence-corrected chi connectivity index (χ3v) is 3.01. The van der Waals surface area contributed by atoms with Crippen molar-refractivity contribution in [3.8, 4) is 0 Å². The van der Waals surface area contributed by atoms with Crippen molar-refractivity contribution < 1.29 is 0 Å². The first-order chi connectivity index (χ1) is 7.68. The zero-order valence-electron chi connectivity index (χ0n) is 8.27. The third-order valence-electron chi connectivity index (χ3n) is 2.27. The third kappa shape index (κ3) is 2.32. The summed E-state index contributed by atoms with van der Waals surface area (Å²) in [6, 6.07) is 6.88. The summed E-state index contributed by atoms with van der Waals surface area (Å²) in [6.45, 7) is 0. The summed E-state index contributed by atoms with van der Waals surface area (Å²) in [5, 5.41) is 8.50. The standard InChI is InChI=1S/C11H9Cl2N3/c12-9-2-1-7(5-10(9)13)11(14)8-3-4-15-16-6-8/h1-6,11H,14H2. The summed E-state index contributed by atoms with van der Waals surface area (Å²) in [6.07, 6.45) is 3.24. The lowest BCUT2D eigenvalue weighted by atomic mass is 10.0. The largest absolute Gasteiger partial charge is 0.320 e. The van der Waals surface area contributed by atoms with Crippen LogP contribution in [0.25, 0.3) is 0 Å². The summed E-state index contributed by atoms with van der Waals surface area (Å²) >= 11 is 11.8. The predicted octanol–water partition coefficient (Wildman–Crippen LogP) is 2.83. The van der Waals surface area contributed by atoms with E-state index in [1.807, 2.05) is 12.1 Å². The average Bonchev–Trinajstić information content (AvgIpc) is 2.33. The summed E-state index contributed by atoms with van der Waals surface area (Å²) in [7, 11) is 0. The van der Waals surface area contributed by atoms with Crippen LogP contribution in [0.1, 0.15) is 17.2 Å². The van der Waals surface area contributed by atoms with E-state index in [0.29, 0.717) is 10.0 Å². The normalized spacial score (nSPS) is 12.4. The molecule has 0 aliphatic heterocycles. The number of nitrogens with zero attached hydrogens (tertiary/aromatic N) is 2. The van der Waals surface area contributed by atoms with E-state index in [2.05, 4.69) is 10.2 Å². The van der Waals surface area contributed by atoms with Gasteiger partial charge in [-0.2, -0.15) is 10.2 Å². The molecule has 2 aromatic rings. The Morgan fingerprint density at radius 2 is 1.81 bits per heavy atom. The van der Waals surface area contributed by atoms with Crippen LogP contribution in [0.5, 0.6) is 0 Å². The van der Waals surface area contributed by atoms with Crippen LogP contribution in [0, 0.1) is 0 Å². The van der Waals surface area contributed by atoms with Crippen LogP contribution in [-0.4, -0.2) is 10.2 Å². The second kappa shape index (κ2) is 4.78. The van der Waals surface area contributed by atoms with Gasteiger partial charge in [0.05, 0.1) is 22.3 Å². The Labute approximate surface area is 103 Å². The Balaban J connectivity index is 2.34. The second-order valence-electron chi connectivity index (χ2n) is 3.33. The Hall–Kier alpha value is -1.16. The number of hydrogen-bond donors (Lipinski definition) is 1. The van der Waals surface area contributed by atoms with E-state index in [1.54, 1.807) is 24.5 Å². The van der Waals surface area contributed by atoms with Gasteiger partial charge in [-0.15, -0.1) is 0 Å². The lowest BCUT2D eigenvalue weighted by Gasteiger charge is -2.12. The van der Waals surface area contributed by atoms with E-state index >= 15 is 0 Å². The molecule has 16 heavy (non-hydrogen) atoms. The molecule has 0 radical (unpaired) electrons. The predicted molar refractivity (Wildman–Crippen MR) is 64.5 cm³/mol. The monoisotopic (exact) mass is 253 g/mol. The zero-order valence-corrected chi connectivity index (χ0v) is 9.78. The highest BCUT2D eigenvalue weighted by atomic mass is 35.5.